The quantitative estimate of drug-likeness (QED) is 0.438. The van der Waals surface area contributed by atoms with Gasteiger partial charge in [-0.3, -0.25) is 4.79 Å². The monoisotopic (exact) mass is 445 g/mol. The number of benzene rings is 2. The highest BCUT2D eigenvalue weighted by Crippen LogP contribution is 2.42. The second-order valence-corrected chi connectivity index (χ2v) is 9.40. The second kappa shape index (κ2) is 8.78. The van der Waals surface area contributed by atoms with Crippen LogP contribution in [-0.4, -0.2) is 27.4 Å². The van der Waals surface area contributed by atoms with Crippen molar-refractivity contribution < 1.29 is 22.0 Å². The highest BCUT2D eigenvalue weighted by Gasteiger charge is 2.35. The molecule has 4 rings (SSSR count). The Morgan fingerprint density at radius 1 is 1.23 bits per heavy atom. The minimum absolute atomic E-state index is 0.124. The Hall–Kier alpha value is -2.75. The maximum absolute atomic E-state index is 14.4. The SMILES string of the molecule is NCCCNS(=O)(=O)c1cc(C(NC(=O)c2coc3ccccc23)C2CC2)ccc1F. The number of furan rings is 1. The van der Waals surface area contributed by atoms with E-state index in [1.54, 1.807) is 12.1 Å². The van der Waals surface area contributed by atoms with Crippen LogP contribution in [0.3, 0.4) is 0 Å². The van der Waals surface area contributed by atoms with Crippen molar-refractivity contribution in [1.29, 1.82) is 0 Å². The number of rotatable bonds is 9. The first kappa shape index (κ1) is 21.5. The summed E-state index contributed by atoms with van der Waals surface area (Å²) in [5.41, 5.74) is 6.95. The van der Waals surface area contributed by atoms with Crippen LogP contribution in [0.2, 0.25) is 0 Å². The third-order valence-electron chi connectivity index (χ3n) is 5.38. The third-order valence-corrected chi connectivity index (χ3v) is 6.86. The van der Waals surface area contributed by atoms with Crippen LogP contribution in [0.25, 0.3) is 11.0 Å². The molecule has 0 aliphatic heterocycles. The minimum Gasteiger partial charge on any atom is -0.463 e. The zero-order chi connectivity index (χ0) is 22.0. The molecular weight excluding hydrogens is 421 g/mol. The fourth-order valence-corrected chi connectivity index (χ4v) is 4.77. The van der Waals surface area contributed by atoms with Crippen molar-refractivity contribution in [3.05, 3.63) is 65.7 Å². The van der Waals surface area contributed by atoms with Crippen molar-refractivity contribution >= 4 is 26.9 Å². The van der Waals surface area contributed by atoms with Crippen LogP contribution < -0.4 is 15.8 Å². The minimum atomic E-state index is -4.03. The van der Waals surface area contributed by atoms with Crippen molar-refractivity contribution in [2.45, 2.75) is 30.2 Å². The van der Waals surface area contributed by atoms with E-state index in [-0.39, 0.29) is 18.4 Å². The van der Waals surface area contributed by atoms with E-state index in [2.05, 4.69) is 10.0 Å². The van der Waals surface area contributed by atoms with Gasteiger partial charge in [0.15, 0.2) is 0 Å². The van der Waals surface area contributed by atoms with Gasteiger partial charge in [-0.15, -0.1) is 0 Å². The van der Waals surface area contributed by atoms with E-state index in [0.717, 1.165) is 18.9 Å². The average Bonchev–Trinajstić information content (AvgIpc) is 3.50. The van der Waals surface area contributed by atoms with Crippen LogP contribution in [-0.2, 0) is 10.0 Å². The van der Waals surface area contributed by atoms with Gasteiger partial charge in [0.2, 0.25) is 10.0 Å². The van der Waals surface area contributed by atoms with E-state index in [4.69, 9.17) is 10.2 Å². The summed E-state index contributed by atoms with van der Waals surface area (Å²) in [7, 11) is -4.03. The Labute approximate surface area is 179 Å². The molecule has 0 spiro atoms. The number of carbonyl (C=O) groups is 1. The van der Waals surface area contributed by atoms with Gasteiger partial charge in [0, 0.05) is 11.9 Å². The van der Waals surface area contributed by atoms with Gasteiger partial charge >= 0.3 is 0 Å². The normalized spacial score (nSPS) is 15.2. The zero-order valence-electron chi connectivity index (χ0n) is 16.8. The van der Waals surface area contributed by atoms with Gasteiger partial charge < -0.3 is 15.5 Å². The van der Waals surface area contributed by atoms with Crippen LogP contribution in [0.15, 0.2) is 58.0 Å². The maximum atomic E-state index is 14.4. The lowest BCUT2D eigenvalue weighted by molar-refractivity contribution is 0.0932. The molecule has 9 heteroatoms. The number of hydrogen-bond donors (Lipinski definition) is 3. The summed E-state index contributed by atoms with van der Waals surface area (Å²) in [5, 5.41) is 3.68. The van der Waals surface area contributed by atoms with Crippen molar-refractivity contribution in [2.75, 3.05) is 13.1 Å². The van der Waals surface area contributed by atoms with E-state index in [0.29, 0.717) is 35.1 Å². The first-order chi connectivity index (χ1) is 14.9. The van der Waals surface area contributed by atoms with E-state index in [1.165, 1.54) is 18.4 Å². The predicted molar refractivity (Wildman–Crippen MR) is 114 cm³/mol. The van der Waals surface area contributed by atoms with E-state index in [1.807, 2.05) is 12.1 Å². The summed E-state index contributed by atoms with van der Waals surface area (Å²) < 4.78 is 47.3. The molecule has 4 N–H and O–H groups in total. The number of nitrogens with one attached hydrogen (secondary N) is 2. The largest absolute Gasteiger partial charge is 0.463 e. The molecular formula is C22H24FN3O4S. The molecule has 3 aromatic rings. The van der Waals surface area contributed by atoms with Gasteiger partial charge in [0.25, 0.3) is 5.91 Å². The lowest BCUT2D eigenvalue weighted by atomic mass is 10.0. The molecule has 0 saturated heterocycles. The van der Waals surface area contributed by atoms with Crippen molar-refractivity contribution in [2.24, 2.45) is 11.7 Å². The molecule has 7 nitrogen and oxygen atoms in total. The number of carbonyl (C=O) groups excluding carboxylic acids is 1. The van der Waals surface area contributed by atoms with E-state index < -0.39 is 26.8 Å². The van der Waals surface area contributed by atoms with Crippen molar-refractivity contribution in [1.82, 2.24) is 10.0 Å². The summed E-state index contributed by atoms with van der Waals surface area (Å²) in [4.78, 5) is 12.5. The molecule has 1 fully saturated rings. The molecule has 1 amide bonds. The Bertz CT molecular complexity index is 1200. The smallest absolute Gasteiger partial charge is 0.255 e. The van der Waals surface area contributed by atoms with Gasteiger partial charge in [0.05, 0.1) is 11.6 Å². The van der Waals surface area contributed by atoms with Crippen LogP contribution in [0.4, 0.5) is 4.39 Å². The summed E-state index contributed by atoms with van der Waals surface area (Å²) in [6.45, 7) is 0.447. The lowest BCUT2D eigenvalue weighted by Crippen LogP contribution is -2.30. The summed E-state index contributed by atoms with van der Waals surface area (Å²) in [6.07, 6.45) is 3.64. The van der Waals surface area contributed by atoms with Crippen molar-refractivity contribution in [3.8, 4) is 0 Å². The molecule has 31 heavy (non-hydrogen) atoms. The molecule has 2 aromatic carbocycles. The zero-order valence-corrected chi connectivity index (χ0v) is 17.6. The summed E-state index contributed by atoms with van der Waals surface area (Å²) in [6, 6.07) is 10.7. The molecule has 1 aliphatic carbocycles. The first-order valence-corrected chi connectivity index (χ1v) is 11.7. The van der Waals surface area contributed by atoms with Crippen LogP contribution in [0.1, 0.15) is 41.2 Å². The number of nitrogens with two attached hydrogens (primary N) is 1. The fraction of sp³-hybridized carbons (Fsp3) is 0.318. The summed E-state index contributed by atoms with van der Waals surface area (Å²) in [5.74, 6) is -1.00. The Balaban J connectivity index is 1.61. The second-order valence-electron chi connectivity index (χ2n) is 7.66. The number of para-hydroxylation sites is 1. The average molecular weight is 446 g/mol. The summed E-state index contributed by atoms with van der Waals surface area (Å²) >= 11 is 0. The highest BCUT2D eigenvalue weighted by atomic mass is 32.2. The van der Waals surface area contributed by atoms with Crippen LogP contribution in [0.5, 0.6) is 0 Å². The Kier molecular flexibility index (Phi) is 6.08. The van der Waals surface area contributed by atoms with Crippen molar-refractivity contribution in [3.63, 3.8) is 0 Å². The lowest BCUT2D eigenvalue weighted by Gasteiger charge is -2.20. The molecule has 0 radical (unpaired) electrons. The molecule has 0 bridgehead atoms. The van der Waals surface area contributed by atoms with Crippen LogP contribution in [0, 0.1) is 11.7 Å². The van der Waals surface area contributed by atoms with Crippen LogP contribution >= 0.6 is 0 Å². The van der Waals surface area contributed by atoms with Gasteiger partial charge in [0.1, 0.15) is 22.6 Å². The fourth-order valence-electron chi connectivity index (χ4n) is 3.58. The Morgan fingerprint density at radius 2 is 2.00 bits per heavy atom. The molecule has 1 unspecified atom stereocenters. The standard InChI is InChI=1S/C22H24FN3O4S/c23-18-9-8-15(12-20(18)31(28,29)25-11-3-10-24)21(14-6-7-14)26-22(27)17-13-30-19-5-2-1-4-16(17)19/h1-2,4-5,8-9,12-14,21,25H,3,6-7,10-11,24H2,(H,26,27). The molecule has 1 heterocycles. The number of hydrogen-bond acceptors (Lipinski definition) is 5. The predicted octanol–water partition coefficient (Wildman–Crippen LogP) is 3.08. The maximum Gasteiger partial charge on any atom is 0.255 e. The van der Waals surface area contributed by atoms with Gasteiger partial charge in [-0.1, -0.05) is 24.3 Å². The number of fused-ring (bicyclic) bond motifs is 1. The first-order valence-electron chi connectivity index (χ1n) is 10.2. The highest BCUT2D eigenvalue weighted by molar-refractivity contribution is 7.89. The number of amides is 1. The Morgan fingerprint density at radius 3 is 2.74 bits per heavy atom. The van der Waals surface area contributed by atoms with E-state index >= 15 is 0 Å². The van der Waals surface area contributed by atoms with Gasteiger partial charge in [-0.2, -0.15) is 0 Å². The molecule has 1 aromatic heterocycles. The third kappa shape index (κ3) is 4.63. The van der Waals surface area contributed by atoms with Gasteiger partial charge in [-0.05, 0) is 55.5 Å². The van der Waals surface area contributed by atoms with Gasteiger partial charge in [-0.25, -0.2) is 17.5 Å². The molecule has 1 aliphatic rings. The molecule has 1 atom stereocenters. The number of halogens is 1. The molecule has 164 valence electrons. The number of sulfonamides is 1. The topological polar surface area (TPSA) is 114 Å². The van der Waals surface area contributed by atoms with E-state index in [9.17, 15) is 17.6 Å². The molecule has 1 saturated carbocycles.